The van der Waals surface area contributed by atoms with Crippen molar-refractivity contribution in [3.8, 4) is 0 Å². The number of anilines is 3. The van der Waals surface area contributed by atoms with Crippen LogP contribution in [0.1, 0.15) is 18.4 Å². The second-order valence-electron chi connectivity index (χ2n) is 8.78. The highest BCUT2D eigenvalue weighted by atomic mass is 32.2. The summed E-state index contributed by atoms with van der Waals surface area (Å²) < 4.78 is 0. The first-order valence-electron chi connectivity index (χ1n) is 11.0. The van der Waals surface area contributed by atoms with Crippen molar-refractivity contribution < 1.29 is 0 Å². The summed E-state index contributed by atoms with van der Waals surface area (Å²) in [4.78, 5) is 19.5. The van der Waals surface area contributed by atoms with Gasteiger partial charge >= 0.3 is 0 Å². The van der Waals surface area contributed by atoms with E-state index in [9.17, 15) is 0 Å². The van der Waals surface area contributed by atoms with Gasteiger partial charge in [-0.25, -0.2) is 0 Å². The van der Waals surface area contributed by atoms with Gasteiger partial charge in [0, 0.05) is 61.8 Å². The minimum atomic E-state index is -0.0119. The second kappa shape index (κ2) is 10.2. The maximum Gasteiger partial charge on any atom is 0.232 e. The summed E-state index contributed by atoms with van der Waals surface area (Å²) in [6.07, 6.45) is 3.65. The van der Waals surface area contributed by atoms with Gasteiger partial charge in [0.15, 0.2) is 0 Å². The Kier molecular flexibility index (Phi) is 7.31. The highest BCUT2D eigenvalue weighted by Crippen LogP contribution is 2.22. The molecule has 32 heavy (non-hydrogen) atoms. The Hall–Kier alpha value is -2.18. The molecule has 11 heteroatoms. The number of benzene rings is 1. The first-order chi connectivity index (χ1) is 15.4. The molecule has 2 saturated heterocycles. The molecule has 0 amide bonds. The lowest BCUT2D eigenvalue weighted by molar-refractivity contribution is 0.441. The van der Waals surface area contributed by atoms with Crippen LogP contribution >= 0.6 is 11.8 Å². The number of thioether (sulfide) groups is 1. The molecule has 1 aromatic carbocycles. The number of hydrogen-bond acceptors (Lipinski definition) is 11. The van der Waals surface area contributed by atoms with Gasteiger partial charge < -0.3 is 38.1 Å². The lowest BCUT2D eigenvalue weighted by Crippen LogP contribution is -2.54. The molecule has 1 aromatic heterocycles. The molecule has 4 rings (SSSR count). The smallest absolute Gasteiger partial charge is 0.232 e. The molecule has 9 N–H and O–H groups in total. The van der Waals surface area contributed by atoms with Crippen molar-refractivity contribution in [3.05, 3.63) is 29.8 Å². The molecule has 0 saturated carbocycles. The average molecular weight is 459 g/mol. The lowest BCUT2D eigenvalue weighted by Gasteiger charge is -2.37. The highest BCUT2D eigenvalue weighted by Gasteiger charge is 2.28. The van der Waals surface area contributed by atoms with Gasteiger partial charge in [0.2, 0.25) is 17.8 Å². The van der Waals surface area contributed by atoms with Crippen molar-refractivity contribution in [1.82, 2.24) is 15.0 Å². The second-order valence-corrected chi connectivity index (χ2v) is 9.66. The molecule has 0 spiro atoms. The third-order valence-corrected chi connectivity index (χ3v) is 6.56. The number of piperidine rings is 2. The normalized spacial score (nSPS) is 26.3. The summed E-state index contributed by atoms with van der Waals surface area (Å²) in [5.41, 5.74) is 26.0. The molecule has 10 nitrogen and oxygen atoms in total. The molecule has 2 fully saturated rings. The van der Waals surface area contributed by atoms with Crippen LogP contribution in [0.2, 0.25) is 0 Å². The zero-order valence-corrected chi connectivity index (χ0v) is 19.3. The first-order valence-corrected chi connectivity index (χ1v) is 12.3. The molecule has 0 aliphatic carbocycles. The van der Waals surface area contributed by atoms with E-state index >= 15 is 0 Å². The van der Waals surface area contributed by atoms with Crippen molar-refractivity contribution >= 4 is 29.6 Å². The zero-order valence-electron chi connectivity index (χ0n) is 18.5. The lowest BCUT2D eigenvalue weighted by atomic mass is 10.0. The third-order valence-electron chi connectivity index (χ3n) is 5.82. The Labute approximate surface area is 193 Å². The largest absolute Gasteiger partial charge is 0.350 e. The van der Waals surface area contributed by atoms with Crippen LogP contribution in [0.25, 0.3) is 0 Å². The number of nitrogens with one attached hydrogen (secondary N) is 1. The van der Waals surface area contributed by atoms with Crippen LogP contribution in [0.4, 0.5) is 17.8 Å². The Balaban J connectivity index is 1.58. The van der Waals surface area contributed by atoms with Crippen LogP contribution in [0.3, 0.4) is 0 Å². The van der Waals surface area contributed by atoms with Gasteiger partial charge in [0.05, 0.1) is 0 Å². The predicted molar refractivity (Wildman–Crippen MR) is 131 cm³/mol. The third kappa shape index (κ3) is 5.78. The van der Waals surface area contributed by atoms with Crippen molar-refractivity contribution in [2.24, 2.45) is 22.9 Å². The van der Waals surface area contributed by atoms with Crippen molar-refractivity contribution in [2.75, 3.05) is 47.6 Å². The van der Waals surface area contributed by atoms with Crippen molar-refractivity contribution in [1.29, 1.82) is 0 Å². The number of aromatic nitrogens is 3. The maximum atomic E-state index is 6.21. The minimum Gasteiger partial charge on any atom is -0.350 e. The van der Waals surface area contributed by atoms with E-state index < -0.39 is 0 Å². The average Bonchev–Trinajstić information content (AvgIpc) is 2.76. The van der Waals surface area contributed by atoms with E-state index in [1.54, 1.807) is 11.8 Å². The van der Waals surface area contributed by atoms with Gasteiger partial charge in [0.25, 0.3) is 0 Å². The molecule has 2 aromatic rings. The number of hydrogen-bond donors (Lipinski definition) is 5. The molecule has 4 unspecified atom stereocenters. The molecule has 2 aliphatic heterocycles. The Morgan fingerprint density at radius 2 is 1.28 bits per heavy atom. The fourth-order valence-electron chi connectivity index (χ4n) is 4.32. The van der Waals surface area contributed by atoms with E-state index in [4.69, 9.17) is 37.9 Å². The van der Waals surface area contributed by atoms with Gasteiger partial charge in [0.1, 0.15) is 0 Å². The van der Waals surface area contributed by atoms with E-state index in [-0.39, 0.29) is 24.2 Å². The van der Waals surface area contributed by atoms with Crippen LogP contribution in [-0.2, 0) is 6.54 Å². The molecule has 0 bridgehead atoms. The van der Waals surface area contributed by atoms with E-state index in [0.29, 0.717) is 50.6 Å². The van der Waals surface area contributed by atoms with E-state index in [0.717, 1.165) is 18.4 Å². The molecular formula is C21H34N10S. The molecule has 2 aliphatic rings. The van der Waals surface area contributed by atoms with Gasteiger partial charge in [-0.05, 0) is 36.8 Å². The van der Waals surface area contributed by atoms with Gasteiger partial charge in [-0.3, -0.25) is 0 Å². The van der Waals surface area contributed by atoms with Gasteiger partial charge in [-0.2, -0.15) is 15.0 Å². The highest BCUT2D eigenvalue weighted by molar-refractivity contribution is 7.98. The SMILES string of the molecule is CSc1ccc(CNc2nc(N3CC(N)CC(N)C3)nc(N3CC(N)CC(N)C3)n2)cc1. The van der Waals surface area contributed by atoms with Crippen LogP contribution in [0.5, 0.6) is 0 Å². The number of nitrogens with zero attached hydrogens (tertiary/aromatic N) is 5. The van der Waals surface area contributed by atoms with Crippen LogP contribution in [0.15, 0.2) is 29.2 Å². The molecular weight excluding hydrogens is 424 g/mol. The van der Waals surface area contributed by atoms with Gasteiger partial charge in [-0.1, -0.05) is 12.1 Å². The molecule has 174 valence electrons. The Morgan fingerprint density at radius 1 is 0.812 bits per heavy atom. The van der Waals surface area contributed by atoms with Crippen LogP contribution < -0.4 is 38.1 Å². The summed E-state index contributed by atoms with van der Waals surface area (Å²) in [5, 5.41) is 3.35. The maximum absolute atomic E-state index is 6.21. The van der Waals surface area contributed by atoms with Crippen molar-refractivity contribution in [2.45, 2.75) is 48.4 Å². The number of rotatable bonds is 6. The van der Waals surface area contributed by atoms with Crippen LogP contribution in [0, 0.1) is 0 Å². The Morgan fingerprint density at radius 3 is 1.72 bits per heavy atom. The summed E-state index contributed by atoms with van der Waals surface area (Å²) in [5.74, 6) is 1.67. The fraction of sp³-hybridized carbons (Fsp3) is 0.571. The van der Waals surface area contributed by atoms with Crippen molar-refractivity contribution in [3.63, 3.8) is 0 Å². The van der Waals surface area contributed by atoms with E-state index in [1.807, 2.05) is 9.80 Å². The summed E-state index contributed by atoms with van der Waals surface area (Å²) in [7, 11) is 0. The fourth-order valence-corrected chi connectivity index (χ4v) is 4.73. The summed E-state index contributed by atoms with van der Waals surface area (Å²) >= 11 is 1.72. The van der Waals surface area contributed by atoms with E-state index in [1.165, 1.54) is 4.90 Å². The monoisotopic (exact) mass is 458 g/mol. The minimum absolute atomic E-state index is 0.0119. The van der Waals surface area contributed by atoms with Gasteiger partial charge in [-0.15, -0.1) is 11.8 Å². The van der Waals surface area contributed by atoms with Crippen LogP contribution in [-0.4, -0.2) is 71.6 Å². The zero-order chi connectivity index (χ0) is 22.7. The Bertz CT molecular complexity index is 830. The quantitative estimate of drug-likeness (QED) is 0.369. The molecule has 4 atom stereocenters. The number of nitrogens with two attached hydrogens (primary N) is 4. The standard InChI is InChI=1S/C21H34N10S/c1-32-18-4-2-13(3-5-18)8-26-19-27-20(30-9-14(22)6-15(23)10-30)29-21(28-19)31-11-16(24)7-17(25)12-31/h2-5,14-17H,6-12,22-25H2,1H3,(H,26,27,28,29). The topological polar surface area (TPSA) is 161 Å². The molecule has 0 radical (unpaired) electrons. The van der Waals surface area contributed by atoms with E-state index in [2.05, 4.69) is 35.8 Å². The predicted octanol–water partition coefficient (Wildman–Crippen LogP) is -0.0650. The summed E-state index contributed by atoms with van der Waals surface area (Å²) in [6, 6.07) is 8.38. The first kappa shape index (κ1) is 23.0. The molecule has 3 heterocycles. The summed E-state index contributed by atoms with van der Waals surface area (Å²) in [6.45, 7) is 3.24.